The van der Waals surface area contributed by atoms with Gasteiger partial charge in [-0.2, -0.15) is 8.78 Å². The first-order valence-electron chi connectivity index (χ1n) is 7.76. The number of carbonyl (C=O) groups excluding carboxylic acids is 3. The molecule has 1 aliphatic heterocycles. The maximum atomic E-state index is 14.1. The molecule has 3 rings (SSSR count). The number of nitrogens with zero attached hydrogens (tertiary/aromatic N) is 1. The molecule has 0 radical (unpaired) electrons. The Balaban J connectivity index is 1.94. The van der Waals surface area contributed by atoms with Gasteiger partial charge in [-0.05, 0) is 18.2 Å². The molecule has 1 saturated heterocycles. The van der Waals surface area contributed by atoms with E-state index in [9.17, 15) is 40.7 Å². The van der Waals surface area contributed by atoms with E-state index >= 15 is 0 Å². The second kappa shape index (κ2) is 7.45. The van der Waals surface area contributed by atoms with Crippen molar-refractivity contribution >= 4 is 23.6 Å². The zero-order valence-electron chi connectivity index (χ0n) is 14.0. The molecule has 29 heavy (non-hydrogen) atoms. The Labute approximate surface area is 157 Å². The highest BCUT2D eigenvalue weighted by atomic mass is 19.2. The van der Waals surface area contributed by atoms with Crippen LogP contribution in [0.2, 0.25) is 0 Å². The number of rotatable bonds is 3. The number of carbonyl (C=O) groups is 3. The third-order valence-electron chi connectivity index (χ3n) is 3.89. The lowest BCUT2D eigenvalue weighted by Gasteiger charge is -2.27. The van der Waals surface area contributed by atoms with Gasteiger partial charge >= 0.3 is 12.0 Å². The number of amides is 3. The fourth-order valence-corrected chi connectivity index (χ4v) is 2.47. The molecule has 0 atom stereocenters. The molecular formula is C17H8F6N2O4. The number of benzene rings is 2. The van der Waals surface area contributed by atoms with E-state index in [4.69, 9.17) is 0 Å². The molecule has 12 heteroatoms. The van der Waals surface area contributed by atoms with Crippen LogP contribution < -0.4 is 15.0 Å². The number of halogens is 6. The van der Waals surface area contributed by atoms with Crippen molar-refractivity contribution in [2.75, 3.05) is 11.4 Å². The van der Waals surface area contributed by atoms with Crippen molar-refractivity contribution in [2.24, 2.45) is 0 Å². The van der Waals surface area contributed by atoms with Gasteiger partial charge in [0.15, 0.2) is 0 Å². The van der Waals surface area contributed by atoms with Gasteiger partial charge in [-0.25, -0.2) is 27.2 Å². The number of urea groups is 1. The minimum atomic E-state index is -2.44. The molecule has 3 amide bonds. The number of ether oxygens (including phenoxy) is 1. The van der Waals surface area contributed by atoms with Gasteiger partial charge in [-0.3, -0.25) is 15.0 Å². The second-order valence-corrected chi connectivity index (χ2v) is 5.71. The predicted octanol–water partition coefficient (Wildman–Crippen LogP) is 3.19. The van der Waals surface area contributed by atoms with E-state index in [1.807, 2.05) is 5.32 Å². The van der Waals surface area contributed by atoms with Crippen LogP contribution in [0.15, 0.2) is 18.2 Å². The third-order valence-corrected chi connectivity index (χ3v) is 3.89. The van der Waals surface area contributed by atoms with Gasteiger partial charge in [-0.1, -0.05) is 0 Å². The highest BCUT2D eigenvalue weighted by Gasteiger charge is 2.30. The van der Waals surface area contributed by atoms with Crippen LogP contribution in [0, 0.1) is 34.9 Å². The Morgan fingerprint density at radius 2 is 1.52 bits per heavy atom. The van der Waals surface area contributed by atoms with Crippen LogP contribution >= 0.6 is 0 Å². The molecule has 1 heterocycles. The summed E-state index contributed by atoms with van der Waals surface area (Å²) < 4.78 is 85.1. The van der Waals surface area contributed by atoms with Gasteiger partial charge in [0.1, 0.15) is 5.82 Å². The summed E-state index contributed by atoms with van der Waals surface area (Å²) in [5.41, 5.74) is -1.03. The van der Waals surface area contributed by atoms with Crippen molar-refractivity contribution in [1.82, 2.24) is 5.32 Å². The first kappa shape index (κ1) is 20.2. The van der Waals surface area contributed by atoms with Crippen LogP contribution in [0.25, 0.3) is 0 Å². The third kappa shape index (κ3) is 3.60. The number of anilines is 1. The minimum Gasteiger partial charge on any atom is -0.416 e. The zero-order chi connectivity index (χ0) is 21.5. The van der Waals surface area contributed by atoms with E-state index < -0.39 is 69.8 Å². The van der Waals surface area contributed by atoms with Crippen LogP contribution in [0.4, 0.5) is 36.8 Å². The Bertz CT molecular complexity index is 1030. The molecule has 0 unspecified atom stereocenters. The van der Waals surface area contributed by atoms with Crippen molar-refractivity contribution < 1.29 is 45.5 Å². The topological polar surface area (TPSA) is 75.7 Å². The zero-order valence-corrected chi connectivity index (χ0v) is 14.0. The van der Waals surface area contributed by atoms with Crippen LogP contribution in [-0.4, -0.2) is 24.5 Å². The molecule has 0 aliphatic carbocycles. The van der Waals surface area contributed by atoms with Crippen LogP contribution in [0.1, 0.15) is 16.8 Å². The lowest BCUT2D eigenvalue weighted by molar-refractivity contribution is -0.120. The second-order valence-electron chi connectivity index (χ2n) is 5.71. The Hall–Kier alpha value is -3.57. The van der Waals surface area contributed by atoms with Crippen molar-refractivity contribution in [1.29, 1.82) is 0 Å². The largest absolute Gasteiger partial charge is 0.416 e. The normalized spacial score (nSPS) is 14.1. The fraction of sp³-hybridized carbons (Fsp3) is 0.118. The van der Waals surface area contributed by atoms with E-state index in [0.717, 1.165) is 17.0 Å². The van der Waals surface area contributed by atoms with Gasteiger partial charge in [0.05, 0.1) is 11.3 Å². The maximum Gasteiger partial charge on any atom is 0.343 e. The summed E-state index contributed by atoms with van der Waals surface area (Å²) in [4.78, 5) is 35.9. The first-order valence-corrected chi connectivity index (χ1v) is 7.76. The molecule has 0 bridgehead atoms. The molecule has 152 valence electrons. The maximum absolute atomic E-state index is 14.1. The minimum absolute atomic E-state index is 0.162. The smallest absolute Gasteiger partial charge is 0.343 e. The van der Waals surface area contributed by atoms with Crippen molar-refractivity contribution in [3.05, 3.63) is 58.7 Å². The molecule has 1 aliphatic rings. The molecule has 6 nitrogen and oxygen atoms in total. The molecule has 0 aromatic heterocycles. The molecular weight excluding hydrogens is 410 g/mol. The molecule has 0 spiro atoms. The predicted molar refractivity (Wildman–Crippen MR) is 83.1 cm³/mol. The average Bonchev–Trinajstić information content (AvgIpc) is 2.69. The van der Waals surface area contributed by atoms with Crippen molar-refractivity contribution in [2.45, 2.75) is 6.42 Å². The monoisotopic (exact) mass is 418 g/mol. The molecule has 1 fully saturated rings. The van der Waals surface area contributed by atoms with Gasteiger partial charge in [-0.15, -0.1) is 0 Å². The Kier molecular flexibility index (Phi) is 5.18. The summed E-state index contributed by atoms with van der Waals surface area (Å²) >= 11 is 0. The lowest BCUT2D eigenvalue weighted by atomic mass is 10.1. The van der Waals surface area contributed by atoms with Crippen LogP contribution in [-0.2, 0) is 4.79 Å². The quantitative estimate of drug-likeness (QED) is 0.273. The SMILES string of the molecule is O=C1CCN(c2cc(C(=O)Oc3c(F)c(F)c(F)c(F)c3F)ccc2F)C(=O)N1. The number of imide groups is 1. The first-order chi connectivity index (χ1) is 13.6. The van der Waals surface area contributed by atoms with E-state index in [2.05, 4.69) is 4.74 Å². The summed E-state index contributed by atoms with van der Waals surface area (Å²) in [5, 5.41) is 1.92. The summed E-state index contributed by atoms with van der Waals surface area (Å²) in [6.45, 7) is -0.224. The summed E-state index contributed by atoms with van der Waals surface area (Å²) in [6, 6.07) is 1.30. The van der Waals surface area contributed by atoms with Crippen LogP contribution in [0.3, 0.4) is 0 Å². The van der Waals surface area contributed by atoms with E-state index in [1.165, 1.54) is 0 Å². The van der Waals surface area contributed by atoms with Crippen molar-refractivity contribution in [3.8, 4) is 5.75 Å². The summed E-state index contributed by atoms with van der Waals surface area (Å²) in [7, 11) is 0. The van der Waals surface area contributed by atoms with Gasteiger partial charge in [0.25, 0.3) is 0 Å². The number of hydrogen-bond acceptors (Lipinski definition) is 4. The Morgan fingerprint density at radius 1 is 0.931 bits per heavy atom. The number of esters is 1. The molecule has 1 N–H and O–H groups in total. The fourth-order valence-electron chi connectivity index (χ4n) is 2.47. The summed E-state index contributed by atoms with van der Waals surface area (Å²) in [5.74, 6) is -16.8. The molecule has 2 aromatic carbocycles. The summed E-state index contributed by atoms with van der Waals surface area (Å²) in [6.07, 6.45) is -0.162. The highest BCUT2D eigenvalue weighted by molar-refractivity contribution is 6.06. The molecule has 2 aromatic rings. The van der Waals surface area contributed by atoms with E-state index in [0.29, 0.717) is 6.07 Å². The average molecular weight is 418 g/mol. The highest BCUT2D eigenvalue weighted by Crippen LogP contribution is 2.30. The van der Waals surface area contributed by atoms with E-state index in [-0.39, 0.29) is 13.0 Å². The van der Waals surface area contributed by atoms with Gasteiger partial charge in [0.2, 0.25) is 40.7 Å². The van der Waals surface area contributed by atoms with Crippen LogP contribution in [0.5, 0.6) is 5.75 Å². The van der Waals surface area contributed by atoms with Gasteiger partial charge in [0, 0.05) is 13.0 Å². The number of nitrogens with one attached hydrogen (secondary N) is 1. The Morgan fingerprint density at radius 3 is 2.10 bits per heavy atom. The number of hydrogen-bond donors (Lipinski definition) is 1. The van der Waals surface area contributed by atoms with E-state index in [1.54, 1.807) is 0 Å². The standard InChI is InChI=1S/C17H8F6N2O4/c18-7-2-1-6(5-8(7)25-4-3-9(26)24-17(25)28)16(27)29-15-13(22)11(20)10(19)12(21)14(15)23/h1-2,5H,3-4H2,(H,24,26,28). The van der Waals surface area contributed by atoms with Crippen molar-refractivity contribution in [3.63, 3.8) is 0 Å². The molecule has 0 saturated carbocycles. The van der Waals surface area contributed by atoms with Gasteiger partial charge < -0.3 is 4.74 Å². The lowest BCUT2D eigenvalue weighted by Crippen LogP contribution is -2.50.